The van der Waals surface area contributed by atoms with E-state index in [-0.39, 0.29) is 18.0 Å². The number of rotatable bonds is 6. The highest BCUT2D eigenvalue weighted by molar-refractivity contribution is 5.73. The first-order valence-electron chi connectivity index (χ1n) is 6.42. The molecule has 1 atom stereocenters. The van der Waals surface area contributed by atoms with Crippen LogP contribution in [-0.4, -0.2) is 46.6 Å². The number of nitrogens with zero attached hydrogens (tertiary/aromatic N) is 2. The summed E-state index contributed by atoms with van der Waals surface area (Å²) in [5, 5.41) is 19.9. The number of carboxylic acid groups (broad SMARTS) is 1. The van der Waals surface area contributed by atoms with Gasteiger partial charge in [0.05, 0.1) is 4.92 Å². The zero-order chi connectivity index (χ0) is 14.5. The minimum Gasteiger partial charge on any atom is -0.485 e. The molecule has 0 radical (unpaired) electrons. The van der Waals surface area contributed by atoms with Gasteiger partial charge in [0.2, 0.25) is 0 Å². The van der Waals surface area contributed by atoms with Crippen molar-refractivity contribution in [2.75, 3.05) is 19.7 Å². The third-order valence-electron chi connectivity index (χ3n) is 3.35. The van der Waals surface area contributed by atoms with Crippen LogP contribution < -0.4 is 4.74 Å². The average Bonchev–Trinajstić information content (AvgIpc) is 2.87. The Hall–Kier alpha value is -2.15. The van der Waals surface area contributed by atoms with Crippen LogP contribution in [0.3, 0.4) is 0 Å². The fourth-order valence-corrected chi connectivity index (χ4v) is 2.38. The van der Waals surface area contributed by atoms with Gasteiger partial charge in [-0.3, -0.25) is 19.8 Å². The molecule has 0 aromatic heterocycles. The van der Waals surface area contributed by atoms with Crippen molar-refractivity contribution in [2.24, 2.45) is 0 Å². The van der Waals surface area contributed by atoms with E-state index in [1.165, 1.54) is 12.1 Å². The normalized spacial score (nSPS) is 18.9. The molecule has 108 valence electrons. The van der Waals surface area contributed by atoms with Crippen LogP contribution in [0.5, 0.6) is 5.75 Å². The number of carbonyl (C=O) groups is 1. The Morgan fingerprint density at radius 2 is 2.25 bits per heavy atom. The van der Waals surface area contributed by atoms with Crippen LogP contribution in [0, 0.1) is 10.1 Å². The van der Waals surface area contributed by atoms with E-state index >= 15 is 0 Å². The van der Waals surface area contributed by atoms with Gasteiger partial charge >= 0.3 is 11.7 Å². The van der Waals surface area contributed by atoms with Crippen LogP contribution in [0.1, 0.15) is 12.8 Å². The Balaban J connectivity index is 1.90. The molecular weight excluding hydrogens is 264 g/mol. The van der Waals surface area contributed by atoms with Crippen molar-refractivity contribution >= 4 is 11.7 Å². The van der Waals surface area contributed by atoms with E-state index < -0.39 is 16.9 Å². The molecule has 0 bridgehead atoms. The van der Waals surface area contributed by atoms with Gasteiger partial charge in [-0.1, -0.05) is 12.1 Å². The standard InChI is InChI=1S/C13H16N2O5/c16-13(17)11-5-3-7-14(11)8-9-20-12-6-2-1-4-10(12)15(18)19/h1-2,4,6,11H,3,5,7-9H2,(H,16,17). The van der Waals surface area contributed by atoms with Crippen molar-refractivity contribution in [1.82, 2.24) is 4.90 Å². The van der Waals surface area contributed by atoms with E-state index in [0.29, 0.717) is 13.0 Å². The molecule has 1 fully saturated rings. The molecule has 1 heterocycles. The number of nitro benzene ring substituents is 1. The zero-order valence-electron chi connectivity index (χ0n) is 10.9. The van der Waals surface area contributed by atoms with Gasteiger partial charge in [0.15, 0.2) is 5.75 Å². The van der Waals surface area contributed by atoms with Gasteiger partial charge in [-0.15, -0.1) is 0 Å². The van der Waals surface area contributed by atoms with Crippen LogP contribution in [0.15, 0.2) is 24.3 Å². The summed E-state index contributed by atoms with van der Waals surface area (Å²) in [6, 6.07) is 5.69. The quantitative estimate of drug-likeness (QED) is 0.627. The lowest BCUT2D eigenvalue weighted by atomic mass is 10.2. The number of likely N-dealkylation sites (tertiary alicyclic amines) is 1. The predicted molar refractivity (Wildman–Crippen MR) is 70.8 cm³/mol. The minimum atomic E-state index is -0.826. The highest BCUT2D eigenvalue weighted by Crippen LogP contribution is 2.26. The van der Waals surface area contributed by atoms with Gasteiger partial charge < -0.3 is 9.84 Å². The molecular formula is C13H16N2O5. The van der Waals surface area contributed by atoms with Gasteiger partial charge in [-0.25, -0.2) is 0 Å². The molecule has 1 aromatic carbocycles. The number of nitro groups is 1. The van der Waals surface area contributed by atoms with Gasteiger partial charge in [0, 0.05) is 12.6 Å². The van der Waals surface area contributed by atoms with Crippen LogP contribution in [0.25, 0.3) is 0 Å². The van der Waals surface area contributed by atoms with Crippen molar-refractivity contribution in [2.45, 2.75) is 18.9 Å². The van der Waals surface area contributed by atoms with Gasteiger partial charge in [0.25, 0.3) is 0 Å². The topological polar surface area (TPSA) is 92.9 Å². The van der Waals surface area contributed by atoms with Crippen LogP contribution in [0.4, 0.5) is 5.69 Å². The van der Waals surface area contributed by atoms with Crippen LogP contribution >= 0.6 is 0 Å². The highest BCUT2D eigenvalue weighted by atomic mass is 16.6. The zero-order valence-corrected chi connectivity index (χ0v) is 10.9. The van der Waals surface area contributed by atoms with Crippen molar-refractivity contribution in [1.29, 1.82) is 0 Å². The molecule has 7 heteroatoms. The van der Waals surface area contributed by atoms with Crippen molar-refractivity contribution in [3.63, 3.8) is 0 Å². The van der Waals surface area contributed by atoms with Gasteiger partial charge in [-0.05, 0) is 25.5 Å². The first-order chi connectivity index (χ1) is 9.59. The summed E-state index contributed by atoms with van der Waals surface area (Å²) in [6.07, 6.45) is 1.49. The molecule has 1 saturated heterocycles. The smallest absolute Gasteiger partial charge is 0.320 e. The van der Waals surface area contributed by atoms with E-state index in [1.54, 1.807) is 12.1 Å². The second kappa shape index (κ2) is 6.33. The fourth-order valence-electron chi connectivity index (χ4n) is 2.38. The Bertz CT molecular complexity index is 505. The van der Waals surface area contributed by atoms with Crippen LogP contribution in [0.2, 0.25) is 0 Å². The van der Waals surface area contributed by atoms with Crippen molar-refractivity contribution < 1.29 is 19.6 Å². The summed E-state index contributed by atoms with van der Waals surface area (Å²) >= 11 is 0. The molecule has 7 nitrogen and oxygen atoms in total. The molecule has 1 aromatic rings. The van der Waals surface area contributed by atoms with Gasteiger partial charge in [-0.2, -0.15) is 0 Å². The Labute approximate surface area is 115 Å². The number of hydrogen-bond acceptors (Lipinski definition) is 5. The molecule has 0 saturated carbocycles. The van der Waals surface area contributed by atoms with Crippen LogP contribution in [-0.2, 0) is 4.79 Å². The second-order valence-electron chi connectivity index (χ2n) is 4.61. The maximum Gasteiger partial charge on any atom is 0.320 e. The molecule has 1 aliphatic heterocycles. The largest absolute Gasteiger partial charge is 0.485 e. The average molecular weight is 280 g/mol. The fraction of sp³-hybridized carbons (Fsp3) is 0.462. The summed E-state index contributed by atoms with van der Waals surface area (Å²) in [6.45, 7) is 1.40. The molecule has 1 unspecified atom stereocenters. The van der Waals surface area contributed by atoms with E-state index in [2.05, 4.69) is 0 Å². The summed E-state index contributed by atoms with van der Waals surface area (Å²) in [5.41, 5.74) is -0.0799. The molecule has 0 amide bonds. The maximum atomic E-state index is 11.0. The molecule has 2 rings (SSSR count). The number of ether oxygens (including phenoxy) is 1. The van der Waals surface area contributed by atoms with Crippen molar-refractivity contribution in [3.05, 3.63) is 34.4 Å². The van der Waals surface area contributed by atoms with E-state index in [4.69, 9.17) is 9.84 Å². The lowest BCUT2D eigenvalue weighted by Gasteiger charge is -2.20. The maximum absolute atomic E-state index is 11.0. The van der Waals surface area contributed by atoms with E-state index in [1.807, 2.05) is 4.90 Å². The number of para-hydroxylation sites is 2. The highest BCUT2D eigenvalue weighted by Gasteiger charge is 2.30. The summed E-state index contributed by atoms with van der Waals surface area (Å²) in [7, 11) is 0. The first-order valence-corrected chi connectivity index (χ1v) is 6.42. The lowest BCUT2D eigenvalue weighted by molar-refractivity contribution is -0.385. The molecule has 20 heavy (non-hydrogen) atoms. The lowest BCUT2D eigenvalue weighted by Crippen LogP contribution is -2.38. The Morgan fingerprint density at radius 1 is 1.50 bits per heavy atom. The summed E-state index contributed by atoms with van der Waals surface area (Å²) < 4.78 is 5.41. The first kappa shape index (κ1) is 14.3. The SMILES string of the molecule is O=C(O)C1CCCN1CCOc1ccccc1[N+](=O)[O-]. The minimum absolute atomic E-state index is 0.0799. The monoisotopic (exact) mass is 280 g/mol. The number of aliphatic carboxylic acids is 1. The number of hydrogen-bond donors (Lipinski definition) is 1. The summed E-state index contributed by atoms with van der Waals surface area (Å²) in [4.78, 5) is 23.2. The van der Waals surface area contributed by atoms with E-state index in [0.717, 1.165) is 13.0 Å². The summed E-state index contributed by atoms with van der Waals surface area (Å²) in [5.74, 6) is -0.614. The third kappa shape index (κ3) is 3.24. The van der Waals surface area contributed by atoms with Crippen molar-refractivity contribution in [3.8, 4) is 5.75 Å². The number of benzene rings is 1. The number of carboxylic acids is 1. The molecule has 1 aliphatic rings. The Kier molecular flexibility index (Phi) is 4.52. The second-order valence-corrected chi connectivity index (χ2v) is 4.61. The molecule has 0 aliphatic carbocycles. The van der Waals surface area contributed by atoms with Gasteiger partial charge in [0.1, 0.15) is 12.6 Å². The predicted octanol–water partition coefficient (Wildman–Crippen LogP) is 1.52. The molecule has 1 N–H and O–H groups in total. The Morgan fingerprint density at radius 3 is 2.95 bits per heavy atom. The molecule has 0 spiro atoms. The van der Waals surface area contributed by atoms with E-state index in [9.17, 15) is 14.9 Å². The third-order valence-corrected chi connectivity index (χ3v) is 3.35.